The van der Waals surface area contributed by atoms with Gasteiger partial charge in [-0.25, -0.2) is 14.4 Å². The second-order valence-electron chi connectivity index (χ2n) is 10.3. The first-order valence-electron chi connectivity index (χ1n) is 10.9. The van der Waals surface area contributed by atoms with Gasteiger partial charge in [-0.2, -0.15) is 9.97 Å². The Labute approximate surface area is 194 Å². The highest BCUT2D eigenvalue weighted by Gasteiger charge is 2.68. The van der Waals surface area contributed by atoms with Crippen LogP contribution in [0.4, 0.5) is 27.9 Å². The van der Waals surface area contributed by atoms with E-state index >= 15 is 0 Å². The number of nitrogens with zero attached hydrogens (tertiary/aromatic N) is 4. The standard InChI is InChI=1S/C22H34ClFN8/c1-12-21(5,22(12,6)32-16-13(23)10-27-18(25)30-16)9-7-8-15(20(2,3)4)29-17-14(24)11-28-19(26)31-17/h10-12,15H,7-9H2,1-6H3,(H3,25,27,30,32)(H3,26,28,29,31). The first kappa shape index (κ1) is 24.2. The lowest BCUT2D eigenvalue weighted by Crippen LogP contribution is -2.35. The van der Waals surface area contributed by atoms with E-state index in [0.29, 0.717) is 16.8 Å². The smallest absolute Gasteiger partial charge is 0.222 e. The summed E-state index contributed by atoms with van der Waals surface area (Å²) >= 11 is 6.27. The number of nitrogen functional groups attached to an aromatic ring is 2. The Balaban J connectivity index is 1.66. The zero-order chi connectivity index (χ0) is 23.9. The van der Waals surface area contributed by atoms with Gasteiger partial charge in [-0.05, 0) is 36.5 Å². The van der Waals surface area contributed by atoms with Crippen molar-refractivity contribution in [3.8, 4) is 0 Å². The first-order chi connectivity index (χ1) is 14.8. The number of rotatable bonds is 8. The molecule has 10 heteroatoms. The molecule has 6 N–H and O–H groups in total. The molecule has 3 rings (SSSR count). The third-order valence-electron chi connectivity index (χ3n) is 7.37. The summed E-state index contributed by atoms with van der Waals surface area (Å²) in [6.07, 6.45) is 5.40. The molecule has 1 fully saturated rings. The molecule has 0 radical (unpaired) electrons. The fourth-order valence-corrected chi connectivity index (χ4v) is 4.77. The highest BCUT2D eigenvalue weighted by Crippen LogP contribution is 2.65. The molecule has 0 saturated heterocycles. The highest BCUT2D eigenvalue weighted by atomic mass is 35.5. The van der Waals surface area contributed by atoms with E-state index in [9.17, 15) is 4.39 Å². The molecule has 1 saturated carbocycles. The Morgan fingerprint density at radius 2 is 1.72 bits per heavy atom. The van der Waals surface area contributed by atoms with Crippen LogP contribution in [0.1, 0.15) is 60.8 Å². The predicted octanol–water partition coefficient (Wildman–Crippen LogP) is 4.75. The van der Waals surface area contributed by atoms with Crippen molar-refractivity contribution in [2.45, 2.75) is 72.4 Å². The van der Waals surface area contributed by atoms with Crippen LogP contribution in [-0.2, 0) is 0 Å². The second-order valence-corrected chi connectivity index (χ2v) is 10.7. The number of halogens is 2. The number of anilines is 4. The summed E-state index contributed by atoms with van der Waals surface area (Å²) in [7, 11) is 0. The molecule has 2 aromatic heterocycles. The summed E-state index contributed by atoms with van der Waals surface area (Å²) in [6, 6.07) is 0.0132. The maximum atomic E-state index is 14.2. The molecule has 0 aliphatic heterocycles. The van der Waals surface area contributed by atoms with Gasteiger partial charge in [-0.3, -0.25) is 0 Å². The lowest BCUT2D eigenvalue weighted by molar-refractivity contribution is 0.304. The van der Waals surface area contributed by atoms with Gasteiger partial charge >= 0.3 is 0 Å². The van der Waals surface area contributed by atoms with E-state index in [4.69, 9.17) is 23.1 Å². The lowest BCUT2D eigenvalue weighted by Gasteiger charge is -2.32. The van der Waals surface area contributed by atoms with Crippen molar-refractivity contribution in [2.75, 3.05) is 22.1 Å². The van der Waals surface area contributed by atoms with Crippen LogP contribution in [0.5, 0.6) is 0 Å². The van der Waals surface area contributed by atoms with E-state index in [2.05, 4.69) is 72.1 Å². The fraction of sp³-hybridized carbons (Fsp3) is 0.636. The number of hydrogen-bond donors (Lipinski definition) is 4. The summed E-state index contributed by atoms with van der Waals surface area (Å²) in [5, 5.41) is 7.20. The molecule has 2 aromatic rings. The minimum absolute atomic E-state index is 0.0132. The van der Waals surface area contributed by atoms with Crippen LogP contribution in [0.25, 0.3) is 0 Å². The summed E-state index contributed by atoms with van der Waals surface area (Å²) in [5.41, 5.74) is 11.2. The van der Waals surface area contributed by atoms with Gasteiger partial charge in [-0.1, -0.05) is 52.6 Å². The van der Waals surface area contributed by atoms with Crippen LogP contribution >= 0.6 is 11.6 Å². The highest BCUT2D eigenvalue weighted by molar-refractivity contribution is 6.32. The summed E-state index contributed by atoms with van der Waals surface area (Å²) in [5.74, 6) is 0.838. The third kappa shape index (κ3) is 4.67. The van der Waals surface area contributed by atoms with Gasteiger partial charge in [0.15, 0.2) is 17.5 Å². The van der Waals surface area contributed by atoms with Crippen LogP contribution in [0.3, 0.4) is 0 Å². The number of hydrogen-bond acceptors (Lipinski definition) is 8. The monoisotopic (exact) mass is 464 g/mol. The van der Waals surface area contributed by atoms with Gasteiger partial charge in [0, 0.05) is 11.6 Å². The van der Waals surface area contributed by atoms with Gasteiger partial charge in [0.2, 0.25) is 11.9 Å². The number of nitrogens with two attached hydrogens (primary N) is 2. The van der Waals surface area contributed by atoms with Crippen molar-refractivity contribution in [1.29, 1.82) is 0 Å². The predicted molar refractivity (Wildman–Crippen MR) is 128 cm³/mol. The SMILES string of the molecule is CC1C(C)(CCCC(Nc2nc(N)ncc2F)C(C)(C)C)C1(C)Nc1nc(N)ncc1Cl. The Bertz CT molecular complexity index is 981. The van der Waals surface area contributed by atoms with Crippen molar-refractivity contribution in [3.63, 3.8) is 0 Å². The molecule has 2 heterocycles. The second kappa shape index (κ2) is 8.50. The van der Waals surface area contributed by atoms with Crippen LogP contribution < -0.4 is 22.1 Å². The van der Waals surface area contributed by atoms with Crippen molar-refractivity contribution in [2.24, 2.45) is 16.7 Å². The minimum atomic E-state index is -0.506. The summed E-state index contributed by atoms with van der Waals surface area (Å²) < 4.78 is 14.2. The van der Waals surface area contributed by atoms with Crippen molar-refractivity contribution in [1.82, 2.24) is 19.9 Å². The van der Waals surface area contributed by atoms with Crippen LogP contribution in [0.2, 0.25) is 5.02 Å². The largest absolute Gasteiger partial charge is 0.368 e. The van der Waals surface area contributed by atoms with Crippen molar-refractivity contribution in [3.05, 3.63) is 23.2 Å². The molecule has 4 unspecified atom stereocenters. The maximum Gasteiger partial charge on any atom is 0.222 e. The van der Waals surface area contributed by atoms with E-state index in [0.717, 1.165) is 25.5 Å². The van der Waals surface area contributed by atoms with Gasteiger partial charge < -0.3 is 22.1 Å². The van der Waals surface area contributed by atoms with E-state index in [1.807, 2.05) is 0 Å². The first-order valence-corrected chi connectivity index (χ1v) is 11.3. The number of aromatic nitrogens is 4. The van der Waals surface area contributed by atoms with Gasteiger partial charge in [0.25, 0.3) is 0 Å². The molecule has 8 nitrogen and oxygen atoms in total. The Hall–Kier alpha value is -2.42. The van der Waals surface area contributed by atoms with E-state index in [1.165, 1.54) is 6.20 Å². The van der Waals surface area contributed by atoms with Crippen LogP contribution in [0.15, 0.2) is 12.4 Å². The van der Waals surface area contributed by atoms with Crippen molar-refractivity contribution < 1.29 is 4.39 Å². The van der Waals surface area contributed by atoms with E-state index in [1.54, 1.807) is 0 Å². The zero-order valence-electron chi connectivity index (χ0n) is 19.6. The summed E-state index contributed by atoms with van der Waals surface area (Å²) in [4.78, 5) is 15.9. The van der Waals surface area contributed by atoms with Gasteiger partial charge in [0.05, 0.1) is 12.4 Å². The molecule has 32 heavy (non-hydrogen) atoms. The summed E-state index contributed by atoms with van der Waals surface area (Å²) in [6.45, 7) is 13.1. The maximum absolute atomic E-state index is 14.2. The molecule has 1 aliphatic rings. The molecule has 1 aliphatic carbocycles. The zero-order valence-corrected chi connectivity index (χ0v) is 20.4. The quantitative estimate of drug-likeness (QED) is 0.440. The third-order valence-corrected chi connectivity index (χ3v) is 7.65. The normalized spacial score (nSPS) is 25.9. The fourth-order valence-electron chi connectivity index (χ4n) is 4.63. The van der Waals surface area contributed by atoms with E-state index in [-0.39, 0.29) is 40.1 Å². The molecular weight excluding hydrogens is 431 g/mol. The lowest BCUT2D eigenvalue weighted by atomic mass is 9.82. The Kier molecular flexibility index (Phi) is 6.43. The molecule has 0 spiro atoms. The Morgan fingerprint density at radius 3 is 2.34 bits per heavy atom. The topological polar surface area (TPSA) is 128 Å². The molecular formula is C22H34ClFN8. The van der Waals surface area contributed by atoms with Gasteiger partial charge in [0.1, 0.15) is 5.02 Å². The molecule has 176 valence electrons. The van der Waals surface area contributed by atoms with E-state index < -0.39 is 5.82 Å². The molecule has 4 atom stereocenters. The van der Waals surface area contributed by atoms with Crippen LogP contribution in [0, 0.1) is 22.6 Å². The van der Waals surface area contributed by atoms with Gasteiger partial charge in [-0.15, -0.1) is 0 Å². The molecule has 0 amide bonds. The molecule has 0 bridgehead atoms. The Morgan fingerprint density at radius 1 is 1.12 bits per heavy atom. The average molecular weight is 465 g/mol. The van der Waals surface area contributed by atoms with Crippen LogP contribution in [-0.4, -0.2) is 31.5 Å². The number of nitrogens with one attached hydrogen (secondary N) is 2. The minimum Gasteiger partial charge on any atom is -0.368 e. The van der Waals surface area contributed by atoms with Crippen molar-refractivity contribution >= 4 is 35.1 Å². The molecule has 0 aromatic carbocycles. The average Bonchev–Trinajstić information content (AvgIpc) is 3.11.